The Labute approximate surface area is 90.3 Å². The van der Waals surface area contributed by atoms with Crippen molar-refractivity contribution in [3.63, 3.8) is 0 Å². The molecule has 2 heteroatoms. The zero-order chi connectivity index (χ0) is 10.7. The molecule has 0 spiro atoms. The molecule has 1 unspecified atom stereocenters. The highest BCUT2D eigenvalue weighted by Crippen LogP contribution is 2.26. The standard InChI is InChI=1S/C13H17NO/c1-10(7-8-14-2)13-9-11-5-3-4-6-12(11)15-13/h3-6,9-10,14H,7-8H2,1-2H3. The minimum absolute atomic E-state index is 0.477. The molecule has 0 fully saturated rings. The van der Waals surface area contributed by atoms with E-state index in [1.807, 2.05) is 25.2 Å². The third kappa shape index (κ3) is 2.21. The van der Waals surface area contributed by atoms with Crippen molar-refractivity contribution in [3.8, 4) is 0 Å². The average molecular weight is 203 g/mol. The van der Waals surface area contributed by atoms with E-state index in [9.17, 15) is 0 Å². The number of fused-ring (bicyclic) bond motifs is 1. The lowest BCUT2D eigenvalue weighted by atomic mass is 10.0. The number of rotatable bonds is 4. The Morgan fingerprint density at radius 2 is 2.13 bits per heavy atom. The predicted molar refractivity (Wildman–Crippen MR) is 63.2 cm³/mol. The fourth-order valence-electron chi connectivity index (χ4n) is 1.75. The van der Waals surface area contributed by atoms with Gasteiger partial charge >= 0.3 is 0 Å². The molecule has 0 bridgehead atoms. The molecular weight excluding hydrogens is 186 g/mol. The Kier molecular flexibility index (Phi) is 3.07. The van der Waals surface area contributed by atoms with Gasteiger partial charge in [-0.05, 0) is 32.1 Å². The first-order valence-electron chi connectivity index (χ1n) is 5.44. The molecule has 0 saturated heterocycles. The number of para-hydroxylation sites is 1. The summed E-state index contributed by atoms with van der Waals surface area (Å²) in [4.78, 5) is 0. The molecule has 15 heavy (non-hydrogen) atoms. The van der Waals surface area contributed by atoms with Crippen molar-refractivity contribution in [1.82, 2.24) is 5.32 Å². The van der Waals surface area contributed by atoms with E-state index in [-0.39, 0.29) is 0 Å². The summed E-state index contributed by atoms with van der Waals surface area (Å²) in [5.41, 5.74) is 0.990. The molecule has 2 rings (SSSR count). The second kappa shape index (κ2) is 4.49. The first-order valence-corrected chi connectivity index (χ1v) is 5.44. The zero-order valence-corrected chi connectivity index (χ0v) is 9.29. The Bertz CT molecular complexity index is 400. The largest absolute Gasteiger partial charge is 0.461 e. The van der Waals surface area contributed by atoms with Gasteiger partial charge in [-0.2, -0.15) is 0 Å². The molecule has 1 atom stereocenters. The van der Waals surface area contributed by atoms with Crippen molar-refractivity contribution >= 4 is 11.0 Å². The molecule has 1 aromatic heterocycles. The highest BCUT2D eigenvalue weighted by molar-refractivity contribution is 5.77. The van der Waals surface area contributed by atoms with E-state index in [4.69, 9.17) is 4.42 Å². The van der Waals surface area contributed by atoms with Gasteiger partial charge in [-0.3, -0.25) is 0 Å². The molecule has 2 aromatic rings. The molecule has 0 aliphatic heterocycles. The minimum Gasteiger partial charge on any atom is -0.461 e. The molecule has 1 heterocycles. The molecule has 1 aromatic carbocycles. The maximum absolute atomic E-state index is 5.80. The van der Waals surface area contributed by atoms with Crippen LogP contribution in [-0.4, -0.2) is 13.6 Å². The van der Waals surface area contributed by atoms with Gasteiger partial charge in [-0.25, -0.2) is 0 Å². The van der Waals surface area contributed by atoms with E-state index in [0.29, 0.717) is 5.92 Å². The monoisotopic (exact) mass is 203 g/mol. The van der Waals surface area contributed by atoms with E-state index in [1.54, 1.807) is 0 Å². The SMILES string of the molecule is CNCCC(C)c1cc2ccccc2o1. The van der Waals surface area contributed by atoms with Crippen molar-refractivity contribution in [3.05, 3.63) is 36.1 Å². The second-order valence-corrected chi connectivity index (χ2v) is 3.98. The Morgan fingerprint density at radius 3 is 2.87 bits per heavy atom. The van der Waals surface area contributed by atoms with Gasteiger partial charge in [0.1, 0.15) is 11.3 Å². The van der Waals surface area contributed by atoms with Gasteiger partial charge in [0.25, 0.3) is 0 Å². The van der Waals surface area contributed by atoms with E-state index in [1.165, 1.54) is 5.39 Å². The van der Waals surface area contributed by atoms with Crippen LogP contribution in [0.3, 0.4) is 0 Å². The van der Waals surface area contributed by atoms with Crippen LogP contribution in [0.25, 0.3) is 11.0 Å². The van der Waals surface area contributed by atoms with Gasteiger partial charge in [0.2, 0.25) is 0 Å². The van der Waals surface area contributed by atoms with Crippen molar-refractivity contribution in [1.29, 1.82) is 0 Å². The third-order valence-corrected chi connectivity index (χ3v) is 2.76. The molecule has 2 nitrogen and oxygen atoms in total. The fourth-order valence-corrected chi connectivity index (χ4v) is 1.75. The Balaban J connectivity index is 2.20. The van der Waals surface area contributed by atoms with Crippen LogP contribution in [0.2, 0.25) is 0 Å². The van der Waals surface area contributed by atoms with Crippen LogP contribution in [0, 0.1) is 0 Å². The lowest BCUT2D eigenvalue weighted by Gasteiger charge is -2.06. The highest BCUT2D eigenvalue weighted by Gasteiger charge is 2.10. The van der Waals surface area contributed by atoms with Crippen LogP contribution in [0.1, 0.15) is 25.0 Å². The smallest absolute Gasteiger partial charge is 0.134 e. The molecule has 1 N–H and O–H groups in total. The van der Waals surface area contributed by atoms with Crippen LogP contribution in [0.5, 0.6) is 0 Å². The van der Waals surface area contributed by atoms with Gasteiger partial charge in [-0.1, -0.05) is 25.1 Å². The topological polar surface area (TPSA) is 25.2 Å². The van der Waals surface area contributed by atoms with Gasteiger partial charge in [0.15, 0.2) is 0 Å². The normalized spacial score (nSPS) is 13.2. The zero-order valence-electron chi connectivity index (χ0n) is 9.29. The quantitative estimate of drug-likeness (QED) is 0.825. The second-order valence-electron chi connectivity index (χ2n) is 3.98. The highest BCUT2D eigenvalue weighted by atomic mass is 16.3. The van der Waals surface area contributed by atoms with E-state index in [0.717, 1.165) is 24.3 Å². The van der Waals surface area contributed by atoms with Crippen LogP contribution < -0.4 is 5.32 Å². The number of hydrogen-bond donors (Lipinski definition) is 1. The van der Waals surface area contributed by atoms with Crippen molar-refractivity contribution in [2.75, 3.05) is 13.6 Å². The summed E-state index contributed by atoms with van der Waals surface area (Å²) in [6, 6.07) is 10.3. The third-order valence-electron chi connectivity index (χ3n) is 2.76. The van der Waals surface area contributed by atoms with Gasteiger partial charge in [-0.15, -0.1) is 0 Å². The minimum atomic E-state index is 0.477. The van der Waals surface area contributed by atoms with Gasteiger partial charge in [0.05, 0.1) is 0 Å². The number of hydrogen-bond acceptors (Lipinski definition) is 2. The van der Waals surface area contributed by atoms with E-state index < -0.39 is 0 Å². The van der Waals surface area contributed by atoms with Gasteiger partial charge < -0.3 is 9.73 Å². The first kappa shape index (κ1) is 10.2. The average Bonchev–Trinajstić information content (AvgIpc) is 2.69. The predicted octanol–water partition coefficient (Wildman–Crippen LogP) is 3.15. The number of benzene rings is 1. The molecule has 0 aliphatic carbocycles. The summed E-state index contributed by atoms with van der Waals surface area (Å²) in [5, 5.41) is 4.36. The number of furan rings is 1. The number of nitrogens with one attached hydrogen (secondary N) is 1. The lowest BCUT2D eigenvalue weighted by molar-refractivity contribution is 0.484. The summed E-state index contributed by atoms with van der Waals surface area (Å²) in [7, 11) is 1.98. The van der Waals surface area contributed by atoms with Crippen LogP contribution in [0.4, 0.5) is 0 Å². The summed E-state index contributed by atoms with van der Waals surface area (Å²) in [5.74, 6) is 1.57. The summed E-state index contributed by atoms with van der Waals surface area (Å²) < 4.78 is 5.80. The summed E-state index contributed by atoms with van der Waals surface area (Å²) in [6.07, 6.45) is 1.11. The molecule has 0 aliphatic rings. The first-order chi connectivity index (χ1) is 7.31. The Hall–Kier alpha value is -1.28. The molecular formula is C13H17NO. The maximum Gasteiger partial charge on any atom is 0.134 e. The van der Waals surface area contributed by atoms with E-state index >= 15 is 0 Å². The van der Waals surface area contributed by atoms with Crippen LogP contribution in [-0.2, 0) is 0 Å². The summed E-state index contributed by atoms with van der Waals surface area (Å²) in [6.45, 7) is 3.23. The van der Waals surface area contributed by atoms with Crippen LogP contribution >= 0.6 is 0 Å². The molecule has 0 radical (unpaired) electrons. The fraction of sp³-hybridized carbons (Fsp3) is 0.385. The van der Waals surface area contributed by atoms with E-state index in [2.05, 4.69) is 24.4 Å². The Morgan fingerprint density at radius 1 is 1.33 bits per heavy atom. The molecule has 80 valence electrons. The van der Waals surface area contributed by atoms with Crippen LogP contribution in [0.15, 0.2) is 34.7 Å². The van der Waals surface area contributed by atoms with Gasteiger partial charge in [0, 0.05) is 11.3 Å². The molecule has 0 amide bonds. The summed E-state index contributed by atoms with van der Waals surface area (Å²) >= 11 is 0. The van der Waals surface area contributed by atoms with Crippen molar-refractivity contribution < 1.29 is 4.42 Å². The maximum atomic E-state index is 5.80. The molecule has 0 saturated carbocycles. The van der Waals surface area contributed by atoms with Crippen molar-refractivity contribution in [2.45, 2.75) is 19.3 Å². The van der Waals surface area contributed by atoms with Crippen molar-refractivity contribution in [2.24, 2.45) is 0 Å². The lowest BCUT2D eigenvalue weighted by Crippen LogP contribution is -2.10.